The summed E-state index contributed by atoms with van der Waals surface area (Å²) in [5.41, 5.74) is 2.17. The van der Waals surface area contributed by atoms with E-state index >= 15 is 0 Å². The standard InChI is InChI=1S/C22H23Cl2N3O3/c1-3-4-5-10-27-18-8-6-14(2)11-16(18)21(22(27)29)26-25-20(28)13-30-19-9-7-15(23)12-17(19)24/h6-9,11-12,29H,3-5,10,13H2,1-2H3. The molecule has 0 aliphatic carbocycles. The van der Waals surface area contributed by atoms with Crippen molar-refractivity contribution in [1.29, 1.82) is 0 Å². The van der Waals surface area contributed by atoms with Crippen molar-refractivity contribution in [3.05, 3.63) is 52.0 Å². The number of halogens is 2. The molecule has 3 rings (SSSR count). The number of rotatable bonds is 8. The van der Waals surface area contributed by atoms with Crippen LogP contribution in [0.15, 0.2) is 46.6 Å². The number of aromatic nitrogens is 1. The molecule has 0 radical (unpaired) electrons. The summed E-state index contributed by atoms with van der Waals surface area (Å²) in [7, 11) is 0. The molecule has 0 saturated carbocycles. The summed E-state index contributed by atoms with van der Waals surface area (Å²) < 4.78 is 7.20. The van der Waals surface area contributed by atoms with Gasteiger partial charge in [-0.2, -0.15) is 0 Å². The van der Waals surface area contributed by atoms with Gasteiger partial charge in [-0.15, -0.1) is 10.2 Å². The first-order valence-corrected chi connectivity index (χ1v) is 10.5. The van der Waals surface area contributed by atoms with Crippen LogP contribution in [0.1, 0.15) is 31.7 Å². The van der Waals surface area contributed by atoms with Gasteiger partial charge >= 0.3 is 5.91 Å². The van der Waals surface area contributed by atoms with E-state index in [0.717, 1.165) is 35.7 Å². The van der Waals surface area contributed by atoms with Gasteiger partial charge in [0.25, 0.3) is 0 Å². The largest absolute Gasteiger partial charge is 0.493 e. The van der Waals surface area contributed by atoms with Crippen LogP contribution in [0, 0.1) is 6.92 Å². The molecule has 0 fully saturated rings. The first kappa shape index (κ1) is 22.1. The second kappa shape index (κ2) is 9.96. The first-order chi connectivity index (χ1) is 14.4. The minimum atomic E-state index is -0.597. The molecule has 0 unspecified atom stereocenters. The van der Waals surface area contributed by atoms with Crippen molar-refractivity contribution >= 4 is 45.7 Å². The van der Waals surface area contributed by atoms with Gasteiger partial charge < -0.3 is 14.4 Å². The molecule has 1 N–H and O–H groups in total. The summed E-state index contributed by atoms with van der Waals surface area (Å²) in [4.78, 5) is 12.2. The molecule has 0 saturated heterocycles. The number of carbonyl (C=O) groups is 1. The Bertz CT molecular complexity index is 1090. The number of carbonyl (C=O) groups excluding carboxylic acids is 1. The Labute approximate surface area is 185 Å². The van der Waals surface area contributed by atoms with E-state index in [0.29, 0.717) is 22.3 Å². The van der Waals surface area contributed by atoms with Crippen molar-refractivity contribution in [3.63, 3.8) is 0 Å². The molecule has 30 heavy (non-hydrogen) atoms. The zero-order chi connectivity index (χ0) is 21.7. The normalized spacial score (nSPS) is 11.5. The highest BCUT2D eigenvalue weighted by Crippen LogP contribution is 2.39. The molecule has 3 aromatic rings. The van der Waals surface area contributed by atoms with E-state index < -0.39 is 5.91 Å². The van der Waals surface area contributed by atoms with Gasteiger partial charge in [-0.05, 0) is 43.7 Å². The van der Waals surface area contributed by atoms with Crippen LogP contribution in [0.4, 0.5) is 5.69 Å². The summed E-state index contributed by atoms with van der Waals surface area (Å²) in [6, 6.07) is 10.6. The molecule has 0 aliphatic heterocycles. The van der Waals surface area contributed by atoms with Gasteiger partial charge in [0.1, 0.15) is 5.75 Å². The average Bonchev–Trinajstić information content (AvgIpc) is 2.96. The second-order valence-corrected chi connectivity index (χ2v) is 7.85. The third-order valence-corrected chi connectivity index (χ3v) is 5.19. The highest BCUT2D eigenvalue weighted by Gasteiger charge is 2.17. The van der Waals surface area contributed by atoms with E-state index in [1.807, 2.05) is 29.7 Å². The van der Waals surface area contributed by atoms with Gasteiger partial charge in [-0.25, -0.2) is 0 Å². The van der Waals surface area contributed by atoms with Crippen LogP contribution in [0.25, 0.3) is 10.9 Å². The third-order valence-electron chi connectivity index (χ3n) is 4.66. The summed E-state index contributed by atoms with van der Waals surface area (Å²) in [5.74, 6) is -0.263. The number of hydrogen-bond acceptors (Lipinski definition) is 4. The SMILES string of the molecule is CCCCCn1c(O)c(N=NC(=O)COc2ccc(Cl)cc2Cl)c2cc(C)ccc21. The van der Waals surface area contributed by atoms with Gasteiger partial charge in [0, 0.05) is 17.0 Å². The fourth-order valence-electron chi connectivity index (χ4n) is 3.15. The number of benzene rings is 2. The lowest BCUT2D eigenvalue weighted by Gasteiger charge is -2.06. The van der Waals surface area contributed by atoms with E-state index in [1.54, 1.807) is 12.1 Å². The van der Waals surface area contributed by atoms with Crippen LogP contribution in [0.2, 0.25) is 10.0 Å². The quantitative estimate of drug-likeness (QED) is 0.303. The number of nitrogens with zero attached hydrogens (tertiary/aromatic N) is 3. The molecule has 1 aromatic heterocycles. The monoisotopic (exact) mass is 447 g/mol. The number of azo groups is 1. The van der Waals surface area contributed by atoms with Crippen molar-refractivity contribution in [2.75, 3.05) is 6.61 Å². The lowest BCUT2D eigenvalue weighted by molar-refractivity contribution is -0.120. The van der Waals surface area contributed by atoms with Crippen molar-refractivity contribution in [3.8, 4) is 11.6 Å². The lowest BCUT2D eigenvalue weighted by atomic mass is 10.1. The molecule has 0 spiro atoms. The van der Waals surface area contributed by atoms with Gasteiger partial charge in [0.15, 0.2) is 12.3 Å². The van der Waals surface area contributed by atoms with E-state index in [2.05, 4.69) is 17.2 Å². The number of aryl methyl sites for hydroxylation is 2. The van der Waals surface area contributed by atoms with Gasteiger partial charge in [0.2, 0.25) is 5.88 Å². The predicted molar refractivity (Wildman–Crippen MR) is 119 cm³/mol. The molecular formula is C22H23Cl2N3O3. The smallest absolute Gasteiger partial charge is 0.302 e. The maximum atomic E-state index is 12.2. The number of fused-ring (bicyclic) bond motifs is 1. The average molecular weight is 448 g/mol. The predicted octanol–water partition coefficient (Wildman–Crippen LogP) is 6.84. The van der Waals surface area contributed by atoms with Crippen molar-refractivity contribution in [1.82, 2.24) is 4.57 Å². The third kappa shape index (κ3) is 5.12. The van der Waals surface area contributed by atoms with Gasteiger partial charge in [-0.3, -0.25) is 4.79 Å². The Balaban J connectivity index is 1.79. The Morgan fingerprint density at radius 2 is 1.97 bits per heavy atom. The molecule has 0 atom stereocenters. The van der Waals surface area contributed by atoms with Crippen LogP contribution in [-0.2, 0) is 11.3 Å². The van der Waals surface area contributed by atoms with E-state index in [4.69, 9.17) is 27.9 Å². The van der Waals surface area contributed by atoms with Crippen molar-refractivity contribution in [2.24, 2.45) is 10.2 Å². The number of amides is 1. The zero-order valence-corrected chi connectivity index (χ0v) is 18.4. The lowest BCUT2D eigenvalue weighted by Crippen LogP contribution is -2.08. The maximum absolute atomic E-state index is 12.2. The second-order valence-electron chi connectivity index (χ2n) is 7.01. The molecular weight excluding hydrogens is 425 g/mol. The fourth-order valence-corrected chi connectivity index (χ4v) is 3.61. The topological polar surface area (TPSA) is 76.2 Å². The number of hydrogen-bond donors (Lipinski definition) is 1. The Kier molecular flexibility index (Phi) is 7.34. The van der Waals surface area contributed by atoms with Crippen LogP contribution in [-0.4, -0.2) is 22.2 Å². The molecule has 8 heteroatoms. The Hall–Kier alpha value is -2.57. The van der Waals surface area contributed by atoms with Gasteiger partial charge in [-0.1, -0.05) is 54.6 Å². The molecule has 1 heterocycles. The van der Waals surface area contributed by atoms with E-state index in [-0.39, 0.29) is 18.2 Å². The molecule has 0 bridgehead atoms. The molecule has 1 amide bonds. The number of aromatic hydroxyl groups is 1. The Morgan fingerprint density at radius 3 is 2.70 bits per heavy atom. The molecule has 158 valence electrons. The molecule has 0 aliphatic rings. The summed E-state index contributed by atoms with van der Waals surface area (Å²) in [6.07, 6.45) is 3.08. The summed E-state index contributed by atoms with van der Waals surface area (Å²) >= 11 is 11.9. The van der Waals surface area contributed by atoms with Crippen LogP contribution < -0.4 is 4.74 Å². The first-order valence-electron chi connectivity index (χ1n) is 9.75. The fraction of sp³-hybridized carbons (Fsp3) is 0.318. The summed E-state index contributed by atoms with van der Waals surface area (Å²) in [6.45, 7) is 4.42. The number of ether oxygens (including phenoxy) is 1. The van der Waals surface area contributed by atoms with Crippen LogP contribution >= 0.6 is 23.2 Å². The van der Waals surface area contributed by atoms with Crippen LogP contribution in [0.3, 0.4) is 0 Å². The van der Waals surface area contributed by atoms with Crippen molar-refractivity contribution in [2.45, 2.75) is 39.7 Å². The van der Waals surface area contributed by atoms with E-state index in [1.165, 1.54) is 6.07 Å². The highest BCUT2D eigenvalue weighted by atomic mass is 35.5. The zero-order valence-electron chi connectivity index (χ0n) is 16.9. The minimum Gasteiger partial charge on any atom is -0.493 e. The molecule has 6 nitrogen and oxygen atoms in total. The number of unbranched alkanes of at least 4 members (excludes halogenated alkanes) is 2. The van der Waals surface area contributed by atoms with Crippen LogP contribution in [0.5, 0.6) is 11.6 Å². The maximum Gasteiger partial charge on any atom is 0.302 e. The highest BCUT2D eigenvalue weighted by molar-refractivity contribution is 6.35. The Morgan fingerprint density at radius 1 is 1.17 bits per heavy atom. The van der Waals surface area contributed by atoms with Gasteiger partial charge in [0.05, 0.1) is 10.5 Å². The van der Waals surface area contributed by atoms with E-state index in [9.17, 15) is 9.90 Å². The van der Waals surface area contributed by atoms with Crippen molar-refractivity contribution < 1.29 is 14.6 Å². The summed E-state index contributed by atoms with van der Waals surface area (Å²) in [5, 5.41) is 20.0. The molecule has 2 aromatic carbocycles. The minimum absolute atomic E-state index is 0.00455.